The largest absolute Gasteiger partial charge is 0.493 e. The van der Waals surface area contributed by atoms with E-state index in [1.807, 2.05) is 12.1 Å². The van der Waals surface area contributed by atoms with Gasteiger partial charge in [0.15, 0.2) is 18.1 Å². The van der Waals surface area contributed by atoms with Crippen LogP contribution in [0.4, 0.5) is 5.95 Å². The van der Waals surface area contributed by atoms with Crippen molar-refractivity contribution < 1.29 is 14.3 Å². The van der Waals surface area contributed by atoms with Gasteiger partial charge < -0.3 is 19.3 Å². The molecule has 0 unspecified atom stereocenters. The fourth-order valence-electron chi connectivity index (χ4n) is 2.58. The quantitative estimate of drug-likeness (QED) is 0.822. The number of para-hydroxylation sites is 2. The van der Waals surface area contributed by atoms with E-state index < -0.39 is 0 Å². The number of methoxy groups -OCH3 is 1. The Morgan fingerprint density at radius 1 is 1.04 bits per heavy atom. The molecule has 126 valence electrons. The summed E-state index contributed by atoms with van der Waals surface area (Å²) < 4.78 is 10.8. The Labute approximate surface area is 140 Å². The first-order chi connectivity index (χ1) is 11.8. The van der Waals surface area contributed by atoms with Gasteiger partial charge in [0.1, 0.15) is 0 Å². The summed E-state index contributed by atoms with van der Waals surface area (Å²) in [6.45, 7) is 2.69. The van der Waals surface area contributed by atoms with Crippen LogP contribution >= 0.6 is 0 Å². The van der Waals surface area contributed by atoms with Gasteiger partial charge in [-0.05, 0) is 18.2 Å². The first-order valence-corrected chi connectivity index (χ1v) is 7.83. The predicted molar refractivity (Wildman–Crippen MR) is 89.3 cm³/mol. The lowest BCUT2D eigenvalue weighted by Crippen LogP contribution is -2.50. The van der Waals surface area contributed by atoms with E-state index in [0.717, 1.165) is 0 Å². The van der Waals surface area contributed by atoms with Gasteiger partial charge >= 0.3 is 0 Å². The molecule has 24 heavy (non-hydrogen) atoms. The van der Waals surface area contributed by atoms with Crippen LogP contribution < -0.4 is 14.4 Å². The van der Waals surface area contributed by atoms with E-state index in [2.05, 4.69) is 14.9 Å². The van der Waals surface area contributed by atoms with E-state index >= 15 is 0 Å². The van der Waals surface area contributed by atoms with Gasteiger partial charge in [-0.2, -0.15) is 0 Å². The van der Waals surface area contributed by atoms with Crippen LogP contribution in [0.5, 0.6) is 11.5 Å². The standard InChI is InChI=1S/C17H20N4O3/c1-23-14-5-2-3-6-15(14)24-13-16(22)20-9-11-21(12-10-20)17-18-7-4-8-19-17/h2-8H,9-13H2,1H3. The Morgan fingerprint density at radius 3 is 2.38 bits per heavy atom. The molecule has 2 aromatic rings. The van der Waals surface area contributed by atoms with Gasteiger partial charge in [0.2, 0.25) is 5.95 Å². The molecule has 0 radical (unpaired) electrons. The summed E-state index contributed by atoms with van der Waals surface area (Å²) >= 11 is 0. The Kier molecular flexibility index (Phi) is 5.10. The van der Waals surface area contributed by atoms with Gasteiger partial charge in [0, 0.05) is 38.6 Å². The van der Waals surface area contributed by atoms with Gasteiger partial charge in [-0.1, -0.05) is 12.1 Å². The van der Waals surface area contributed by atoms with Crippen LogP contribution in [0, 0.1) is 0 Å². The van der Waals surface area contributed by atoms with E-state index in [0.29, 0.717) is 43.6 Å². The third kappa shape index (κ3) is 3.73. The number of hydrogen-bond donors (Lipinski definition) is 0. The molecule has 1 aliphatic heterocycles. The van der Waals surface area contributed by atoms with Gasteiger partial charge in [-0.25, -0.2) is 9.97 Å². The molecule has 7 heteroatoms. The molecule has 0 aliphatic carbocycles. The second-order valence-electron chi connectivity index (χ2n) is 5.36. The normalized spacial score (nSPS) is 14.4. The minimum Gasteiger partial charge on any atom is -0.493 e. The SMILES string of the molecule is COc1ccccc1OCC(=O)N1CCN(c2ncccn2)CC1. The zero-order chi connectivity index (χ0) is 16.8. The van der Waals surface area contributed by atoms with Crippen molar-refractivity contribution in [3.63, 3.8) is 0 Å². The lowest BCUT2D eigenvalue weighted by molar-refractivity contribution is -0.133. The molecule has 1 aromatic carbocycles. The number of hydrogen-bond acceptors (Lipinski definition) is 6. The predicted octanol–water partition coefficient (Wildman–Crippen LogP) is 1.21. The molecule has 7 nitrogen and oxygen atoms in total. The molecular formula is C17H20N4O3. The van der Waals surface area contributed by atoms with Crippen LogP contribution in [-0.2, 0) is 4.79 Å². The number of benzene rings is 1. The van der Waals surface area contributed by atoms with Crippen molar-refractivity contribution in [1.82, 2.24) is 14.9 Å². The number of carbonyl (C=O) groups is 1. The van der Waals surface area contributed by atoms with Crippen LogP contribution in [0.15, 0.2) is 42.7 Å². The number of anilines is 1. The third-order valence-electron chi connectivity index (χ3n) is 3.89. The molecular weight excluding hydrogens is 308 g/mol. The van der Waals surface area contributed by atoms with Crippen molar-refractivity contribution in [2.75, 3.05) is 44.8 Å². The van der Waals surface area contributed by atoms with Crippen molar-refractivity contribution in [1.29, 1.82) is 0 Å². The molecule has 1 fully saturated rings. The van der Waals surface area contributed by atoms with Crippen molar-refractivity contribution in [2.24, 2.45) is 0 Å². The summed E-state index contributed by atoms with van der Waals surface area (Å²) in [4.78, 5) is 24.7. The van der Waals surface area contributed by atoms with E-state index in [-0.39, 0.29) is 12.5 Å². The maximum atomic E-state index is 12.3. The molecule has 0 atom stereocenters. The Bertz CT molecular complexity index is 673. The number of piperazine rings is 1. The first-order valence-electron chi connectivity index (χ1n) is 7.83. The fourth-order valence-corrected chi connectivity index (χ4v) is 2.58. The maximum Gasteiger partial charge on any atom is 0.260 e. The number of ether oxygens (including phenoxy) is 2. The summed E-state index contributed by atoms with van der Waals surface area (Å²) in [5.41, 5.74) is 0. The second-order valence-corrected chi connectivity index (χ2v) is 5.36. The minimum atomic E-state index is -0.0328. The molecule has 0 N–H and O–H groups in total. The van der Waals surface area contributed by atoms with Crippen molar-refractivity contribution >= 4 is 11.9 Å². The molecule has 1 aliphatic rings. The number of carbonyl (C=O) groups excluding carboxylic acids is 1. The van der Waals surface area contributed by atoms with Crippen LogP contribution in [-0.4, -0.2) is 60.7 Å². The summed E-state index contributed by atoms with van der Waals surface area (Å²) in [6, 6.07) is 9.09. The number of nitrogens with zero attached hydrogens (tertiary/aromatic N) is 4. The zero-order valence-corrected chi connectivity index (χ0v) is 13.6. The molecule has 0 saturated carbocycles. The van der Waals surface area contributed by atoms with Gasteiger partial charge in [0.25, 0.3) is 5.91 Å². The Hall–Kier alpha value is -2.83. The average molecular weight is 328 g/mol. The van der Waals surface area contributed by atoms with Gasteiger partial charge in [-0.15, -0.1) is 0 Å². The van der Waals surface area contributed by atoms with Crippen molar-refractivity contribution in [2.45, 2.75) is 0 Å². The molecule has 1 amide bonds. The first kappa shape index (κ1) is 16.0. The number of rotatable bonds is 5. The van der Waals surface area contributed by atoms with Crippen LogP contribution in [0.3, 0.4) is 0 Å². The van der Waals surface area contributed by atoms with E-state index in [1.54, 1.807) is 42.6 Å². The smallest absolute Gasteiger partial charge is 0.260 e. The zero-order valence-electron chi connectivity index (χ0n) is 13.6. The molecule has 0 bridgehead atoms. The van der Waals surface area contributed by atoms with Crippen molar-refractivity contribution in [3.8, 4) is 11.5 Å². The summed E-state index contributed by atoms with van der Waals surface area (Å²) in [5, 5.41) is 0. The Morgan fingerprint density at radius 2 is 1.71 bits per heavy atom. The fraction of sp³-hybridized carbons (Fsp3) is 0.353. The minimum absolute atomic E-state index is 0.00219. The second kappa shape index (κ2) is 7.63. The highest BCUT2D eigenvalue weighted by Gasteiger charge is 2.22. The highest BCUT2D eigenvalue weighted by Crippen LogP contribution is 2.25. The number of aromatic nitrogens is 2. The maximum absolute atomic E-state index is 12.3. The summed E-state index contributed by atoms with van der Waals surface area (Å²) in [7, 11) is 1.58. The molecule has 1 aromatic heterocycles. The summed E-state index contributed by atoms with van der Waals surface area (Å²) in [5.74, 6) is 1.87. The highest BCUT2D eigenvalue weighted by atomic mass is 16.5. The average Bonchev–Trinajstić information content (AvgIpc) is 2.67. The lowest BCUT2D eigenvalue weighted by atomic mass is 10.3. The van der Waals surface area contributed by atoms with Crippen LogP contribution in [0.1, 0.15) is 0 Å². The van der Waals surface area contributed by atoms with Crippen LogP contribution in [0.25, 0.3) is 0 Å². The third-order valence-corrected chi connectivity index (χ3v) is 3.89. The van der Waals surface area contributed by atoms with Gasteiger partial charge in [0.05, 0.1) is 7.11 Å². The molecule has 2 heterocycles. The highest BCUT2D eigenvalue weighted by molar-refractivity contribution is 5.78. The molecule has 0 spiro atoms. The Balaban J connectivity index is 1.50. The van der Waals surface area contributed by atoms with E-state index in [9.17, 15) is 4.79 Å². The van der Waals surface area contributed by atoms with E-state index in [1.165, 1.54) is 0 Å². The van der Waals surface area contributed by atoms with Gasteiger partial charge in [-0.3, -0.25) is 4.79 Å². The number of amides is 1. The lowest BCUT2D eigenvalue weighted by Gasteiger charge is -2.34. The van der Waals surface area contributed by atoms with E-state index in [4.69, 9.17) is 9.47 Å². The molecule has 1 saturated heterocycles. The van der Waals surface area contributed by atoms with Crippen molar-refractivity contribution in [3.05, 3.63) is 42.7 Å². The monoisotopic (exact) mass is 328 g/mol. The molecule has 3 rings (SSSR count). The topological polar surface area (TPSA) is 67.8 Å². The summed E-state index contributed by atoms with van der Waals surface area (Å²) in [6.07, 6.45) is 3.45. The van der Waals surface area contributed by atoms with Crippen LogP contribution in [0.2, 0.25) is 0 Å².